The molecule has 9 heteroatoms. The Morgan fingerprint density at radius 1 is 1.50 bits per heavy atom. The van der Waals surface area contributed by atoms with Crippen LogP contribution in [-0.2, 0) is 16.1 Å². The minimum atomic E-state index is -1.33. The molecule has 1 aromatic rings. The first-order valence-electron chi connectivity index (χ1n) is 4.93. The lowest BCUT2D eigenvalue weighted by atomic mass is 10.2. The first-order valence-corrected chi connectivity index (χ1v) is 5.81. The van der Waals surface area contributed by atoms with E-state index in [1.165, 1.54) is 11.3 Å². The van der Waals surface area contributed by atoms with E-state index in [2.05, 4.69) is 15.6 Å². The maximum atomic E-state index is 11.4. The fourth-order valence-corrected chi connectivity index (χ4v) is 1.66. The average Bonchev–Trinajstić information content (AvgIpc) is 2.77. The van der Waals surface area contributed by atoms with Gasteiger partial charge in [0.1, 0.15) is 11.0 Å². The Labute approximate surface area is 106 Å². The summed E-state index contributed by atoms with van der Waals surface area (Å²) in [6.45, 7) is 0.187. The second-order valence-corrected chi connectivity index (χ2v) is 4.29. The fourth-order valence-electron chi connectivity index (χ4n) is 1.11. The van der Waals surface area contributed by atoms with Gasteiger partial charge in [0.15, 0.2) is 0 Å². The van der Waals surface area contributed by atoms with Gasteiger partial charge in [-0.25, -0.2) is 14.6 Å². The molecule has 5 N–H and O–H groups in total. The van der Waals surface area contributed by atoms with E-state index in [-0.39, 0.29) is 6.54 Å². The molecule has 0 saturated carbocycles. The van der Waals surface area contributed by atoms with E-state index in [4.69, 9.17) is 10.8 Å². The molecule has 3 amide bonds. The van der Waals surface area contributed by atoms with Gasteiger partial charge < -0.3 is 21.5 Å². The van der Waals surface area contributed by atoms with Crippen LogP contribution in [0.15, 0.2) is 11.6 Å². The predicted octanol–water partition coefficient (Wildman–Crippen LogP) is -0.729. The number of carbonyl (C=O) groups excluding carboxylic acids is 2. The van der Waals surface area contributed by atoms with Crippen LogP contribution < -0.4 is 16.4 Å². The largest absolute Gasteiger partial charge is 0.480 e. The van der Waals surface area contributed by atoms with E-state index >= 15 is 0 Å². The Bertz CT molecular complexity index is 434. The molecule has 1 rings (SSSR count). The number of nitrogens with one attached hydrogen (secondary N) is 2. The van der Waals surface area contributed by atoms with Gasteiger partial charge in [-0.05, 0) is 0 Å². The van der Waals surface area contributed by atoms with Gasteiger partial charge in [-0.1, -0.05) is 0 Å². The van der Waals surface area contributed by atoms with Gasteiger partial charge >= 0.3 is 12.0 Å². The lowest BCUT2D eigenvalue weighted by Crippen LogP contribution is -2.47. The predicted molar refractivity (Wildman–Crippen MR) is 62.7 cm³/mol. The van der Waals surface area contributed by atoms with E-state index in [9.17, 15) is 14.4 Å². The summed E-state index contributed by atoms with van der Waals surface area (Å²) in [6.07, 6.45) is 1.13. The van der Waals surface area contributed by atoms with E-state index in [0.29, 0.717) is 5.01 Å². The van der Waals surface area contributed by atoms with Crippen LogP contribution in [-0.4, -0.2) is 34.0 Å². The van der Waals surface area contributed by atoms with Crippen molar-refractivity contribution in [3.8, 4) is 0 Å². The smallest absolute Gasteiger partial charge is 0.326 e. The lowest BCUT2D eigenvalue weighted by Gasteiger charge is -2.13. The summed E-state index contributed by atoms with van der Waals surface area (Å²) in [4.78, 5) is 36.7. The zero-order chi connectivity index (χ0) is 13.5. The van der Waals surface area contributed by atoms with E-state index in [0.717, 1.165) is 0 Å². The van der Waals surface area contributed by atoms with Gasteiger partial charge in [0.25, 0.3) is 0 Å². The number of hydrogen-bond acceptors (Lipinski definition) is 5. The van der Waals surface area contributed by atoms with Crippen molar-refractivity contribution < 1.29 is 19.5 Å². The SMILES string of the molecule is NC(=O)CC(NC(=O)NCc1nccs1)C(=O)O. The molecule has 98 valence electrons. The van der Waals surface area contributed by atoms with Gasteiger partial charge in [0.2, 0.25) is 5.91 Å². The number of carbonyl (C=O) groups is 3. The number of hydrogen-bond donors (Lipinski definition) is 4. The number of thiazole rings is 1. The molecular weight excluding hydrogens is 260 g/mol. The zero-order valence-electron chi connectivity index (χ0n) is 9.25. The summed E-state index contributed by atoms with van der Waals surface area (Å²) in [7, 11) is 0. The second-order valence-electron chi connectivity index (χ2n) is 3.31. The molecular formula is C9H12N4O4S. The number of amides is 3. The van der Waals surface area contributed by atoms with Gasteiger partial charge in [0, 0.05) is 11.6 Å². The third-order valence-electron chi connectivity index (χ3n) is 1.89. The molecule has 0 bridgehead atoms. The molecule has 0 aliphatic carbocycles. The zero-order valence-corrected chi connectivity index (χ0v) is 10.1. The van der Waals surface area contributed by atoms with Crippen molar-refractivity contribution in [2.24, 2.45) is 5.73 Å². The van der Waals surface area contributed by atoms with E-state index in [1.54, 1.807) is 11.6 Å². The highest BCUT2D eigenvalue weighted by atomic mass is 32.1. The molecule has 8 nitrogen and oxygen atoms in total. The van der Waals surface area contributed by atoms with Crippen molar-refractivity contribution in [1.29, 1.82) is 0 Å². The van der Waals surface area contributed by atoms with Gasteiger partial charge in [-0.3, -0.25) is 4.79 Å². The molecule has 0 radical (unpaired) electrons. The van der Waals surface area contributed by atoms with Gasteiger partial charge in [0.05, 0.1) is 13.0 Å². The Hall–Kier alpha value is -2.16. The molecule has 1 unspecified atom stereocenters. The normalized spacial score (nSPS) is 11.6. The third-order valence-corrected chi connectivity index (χ3v) is 2.67. The second kappa shape index (κ2) is 6.55. The number of urea groups is 1. The number of rotatable bonds is 6. The van der Waals surface area contributed by atoms with E-state index < -0.39 is 30.4 Å². The first kappa shape index (κ1) is 13.9. The topological polar surface area (TPSA) is 134 Å². The maximum Gasteiger partial charge on any atom is 0.326 e. The van der Waals surface area contributed by atoms with Crippen molar-refractivity contribution in [3.63, 3.8) is 0 Å². The van der Waals surface area contributed by atoms with Crippen LogP contribution in [0.25, 0.3) is 0 Å². The molecule has 0 aliphatic heterocycles. The van der Waals surface area contributed by atoms with Gasteiger partial charge in [-0.15, -0.1) is 11.3 Å². The van der Waals surface area contributed by atoms with Crippen LogP contribution in [0.4, 0.5) is 4.79 Å². The van der Waals surface area contributed by atoms with Crippen molar-refractivity contribution >= 4 is 29.2 Å². The number of nitrogens with zero attached hydrogens (tertiary/aromatic N) is 1. The van der Waals surface area contributed by atoms with Crippen molar-refractivity contribution in [1.82, 2.24) is 15.6 Å². The molecule has 0 aliphatic rings. The highest BCUT2D eigenvalue weighted by molar-refractivity contribution is 7.09. The summed E-state index contributed by atoms with van der Waals surface area (Å²) < 4.78 is 0. The van der Waals surface area contributed by atoms with Crippen molar-refractivity contribution in [2.75, 3.05) is 0 Å². The highest BCUT2D eigenvalue weighted by Crippen LogP contribution is 2.02. The van der Waals surface area contributed by atoms with Crippen molar-refractivity contribution in [2.45, 2.75) is 19.0 Å². The Balaban J connectivity index is 2.41. The van der Waals surface area contributed by atoms with Crippen LogP contribution in [0.1, 0.15) is 11.4 Å². The molecule has 1 atom stereocenters. The summed E-state index contributed by atoms with van der Waals surface area (Å²) in [5.74, 6) is -2.12. The van der Waals surface area contributed by atoms with Crippen LogP contribution in [0, 0.1) is 0 Å². The molecule has 0 spiro atoms. The van der Waals surface area contributed by atoms with Crippen LogP contribution in [0.2, 0.25) is 0 Å². The Morgan fingerprint density at radius 2 is 2.22 bits per heavy atom. The number of primary amides is 1. The van der Waals surface area contributed by atoms with Crippen LogP contribution >= 0.6 is 11.3 Å². The third kappa shape index (κ3) is 4.78. The molecule has 0 fully saturated rings. The minimum absolute atomic E-state index is 0.187. The number of carboxylic acids is 1. The Kier molecular flexibility index (Phi) is 5.06. The molecule has 0 saturated heterocycles. The number of nitrogens with two attached hydrogens (primary N) is 1. The van der Waals surface area contributed by atoms with Crippen LogP contribution in [0.3, 0.4) is 0 Å². The lowest BCUT2D eigenvalue weighted by molar-refractivity contribution is -0.140. The quantitative estimate of drug-likeness (QED) is 0.541. The standard InChI is InChI=1S/C9H12N4O4S/c10-6(14)3-5(8(15)16)13-9(17)12-4-7-11-1-2-18-7/h1-2,5H,3-4H2,(H2,10,14)(H,15,16)(H2,12,13,17). The number of aromatic nitrogens is 1. The number of aliphatic carboxylic acids is 1. The maximum absolute atomic E-state index is 11.4. The number of carboxylic acid groups (broad SMARTS) is 1. The Morgan fingerprint density at radius 3 is 2.72 bits per heavy atom. The van der Waals surface area contributed by atoms with E-state index in [1.807, 2.05) is 0 Å². The molecule has 1 aromatic heterocycles. The first-order chi connectivity index (χ1) is 8.49. The molecule has 0 aromatic carbocycles. The molecule has 1 heterocycles. The van der Waals surface area contributed by atoms with Gasteiger partial charge in [-0.2, -0.15) is 0 Å². The summed E-state index contributed by atoms with van der Waals surface area (Å²) in [5, 5.41) is 15.8. The van der Waals surface area contributed by atoms with Crippen LogP contribution in [0.5, 0.6) is 0 Å². The summed E-state index contributed by atoms with van der Waals surface area (Å²) in [5.41, 5.74) is 4.88. The average molecular weight is 272 g/mol. The van der Waals surface area contributed by atoms with Crippen molar-refractivity contribution in [3.05, 3.63) is 16.6 Å². The monoisotopic (exact) mass is 272 g/mol. The summed E-state index contributed by atoms with van der Waals surface area (Å²) >= 11 is 1.36. The highest BCUT2D eigenvalue weighted by Gasteiger charge is 2.21. The summed E-state index contributed by atoms with van der Waals surface area (Å²) in [6, 6.07) is -2.03. The fraction of sp³-hybridized carbons (Fsp3) is 0.333. The molecule has 18 heavy (non-hydrogen) atoms. The minimum Gasteiger partial charge on any atom is -0.480 e.